The van der Waals surface area contributed by atoms with Crippen LogP contribution in [0.4, 0.5) is 0 Å². The van der Waals surface area contributed by atoms with Crippen LogP contribution in [0.25, 0.3) is 5.57 Å². The molecule has 0 aliphatic carbocycles. The quantitative estimate of drug-likeness (QED) is 0.781. The van der Waals surface area contributed by atoms with E-state index in [4.69, 9.17) is 0 Å². The van der Waals surface area contributed by atoms with Crippen molar-refractivity contribution in [1.82, 2.24) is 9.97 Å². The fraction of sp³-hybridized carbons (Fsp3) is 0.471. The number of H-pyrrole nitrogens is 1. The average Bonchev–Trinajstić information content (AvgIpc) is 2.85. The van der Waals surface area contributed by atoms with Gasteiger partial charge in [0.2, 0.25) is 0 Å². The lowest BCUT2D eigenvalue weighted by molar-refractivity contribution is 1.21. The van der Waals surface area contributed by atoms with E-state index in [1.165, 1.54) is 7.05 Å². The molecule has 3 N–H and O–H groups in total. The van der Waals surface area contributed by atoms with Crippen molar-refractivity contribution in [1.29, 1.82) is 0 Å². The van der Waals surface area contributed by atoms with Crippen LogP contribution in [-0.2, 0) is 0 Å². The molecule has 0 unspecified atom stereocenters. The van der Waals surface area contributed by atoms with Gasteiger partial charge in [-0.1, -0.05) is 58.6 Å². The highest BCUT2D eigenvalue weighted by atomic mass is 14.9. The zero-order chi connectivity index (χ0) is 16.6. The highest BCUT2D eigenvalue weighted by molar-refractivity contribution is 5.71. The van der Waals surface area contributed by atoms with Gasteiger partial charge >= 0.3 is 0 Å². The molecule has 0 aromatic carbocycles. The lowest BCUT2D eigenvalue weighted by atomic mass is 10.2. The fourth-order valence-electron chi connectivity index (χ4n) is 1.20. The molecule has 0 fully saturated rings. The minimum absolute atomic E-state index is 0.901. The number of hydrogen-bond donors (Lipinski definition) is 2. The number of allylic oxidation sites excluding steroid dienone is 5. The normalized spacial score (nSPS) is 9.55. The molecule has 0 aliphatic rings. The maximum absolute atomic E-state index is 4.50. The first-order chi connectivity index (χ1) is 9.69. The van der Waals surface area contributed by atoms with Crippen LogP contribution < -0.4 is 5.73 Å². The van der Waals surface area contributed by atoms with Crippen molar-refractivity contribution < 1.29 is 0 Å². The van der Waals surface area contributed by atoms with Crippen LogP contribution in [0.1, 0.15) is 51.8 Å². The molecule has 0 aliphatic heterocycles. The molecule has 0 saturated heterocycles. The van der Waals surface area contributed by atoms with Crippen LogP contribution in [0.15, 0.2) is 30.9 Å². The molecular weight excluding hydrogens is 246 g/mol. The Morgan fingerprint density at radius 2 is 1.65 bits per heavy atom. The molecule has 0 spiro atoms. The summed E-state index contributed by atoms with van der Waals surface area (Å²) < 4.78 is 0. The van der Waals surface area contributed by atoms with Crippen LogP contribution in [0.5, 0.6) is 0 Å². The average molecular weight is 279 g/mol. The van der Waals surface area contributed by atoms with Gasteiger partial charge < -0.3 is 10.7 Å². The van der Waals surface area contributed by atoms with Gasteiger partial charge in [-0.15, -0.1) is 0 Å². The fourth-order valence-corrected chi connectivity index (χ4v) is 1.20. The molecule has 0 atom stereocenters. The van der Waals surface area contributed by atoms with E-state index in [9.17, 15) is 0 Å². The second-order valence-electron chi connectivity index (χ2n) is 3.15. The third kappa shape index (κ3) is 9.34. The van der Waals surface area contributed by atoms with Gasteiger partial charge in [0.15, 0.2) is 0 Å². The van der Waals surface area contributed by atoms with Crippen molar-refractivity contribution in [3.8, 4) is 0 Å². The predicted molar refractivity (Wildman–Crippen MR) is 93.9 cm³/mol. The summed E-state index contributed by atoms with van der Waals surface area (Å²) in [5, 5.41) is 0. The number of hydrogen-bond acceptors (Lipinski definition) is 2. The highest BCUT2D eigenvalue weighted by Crippen LogP contribution is 2.14. The van der Waals surface area contributed by atoms with Crippen LogP contribution in [-0.4, -0.2) is 17.0 Å². The van der Waals surface area contributed by atoms with Crippen molar-refractivity contribution in [2.24, 2.45) is 5.73 Å². The summed E-state index contributed by atoms with van der Waals surface area (Å²) in [6, 6.07) is 0. The third-order valence-corrected chi connectivity index (χ3v) is 2.05. The van der Waals surface area contributed by atoms with E-state index in [-0.39, 0.29) is 0 Å². The summed E-state index contributed by atoms with van der Waals surface area (Å²) >= 11 is 0. The van der Waals surface area contributed by atoms with Gasteiger partial charge in [0.05, 0.1) is 5.69 Å². The Labute approximate surface area is 125 Å². The van der Waals surface area contributed by atoms with E-state index < -0.39 is 0 Å². The minimum Gasteiger partial charge on any atom is -0.342 e. The number of imidazole rings is 1. The Morgan fingerprint density at radius 1 is 1.15 bits per heavy atom. The molecule has 3 heteroatoms. The Morgan fingerprint density at radius 3 is 1.95 bits per heavy atom. The predicted octanol–water partition coefficient (Wildman–Crippen LogP) is 4.80. The molecule has 1 aromatic rings. The SMILES string of the molecule is C=C/C=C(\C=C/C)c1nc(C)c(C)[nH]1.CC.CC.CN. The number of nitrogens with zero attached hydrogens (tertiary/aromatic N) is 1. The van der Waals surface area contributed by atoms with E-state index in [0.29, 0.717) is 0 Å². The second-order valence-corrected chi connectivity index (χ2v) is 3.15. The largest absolute Gasteiger partial charge is 0.342 e. The van der Waals surface area contributed by atoms with Crippen LogP contribution >= 0.6 is 0 Å². The van der Waals surface area contributed by atoms with Gasteiger partial charge in [-0.05, 0) is 27.8 Å². The maximum Gasteiger partial charge on any atom is 0.137 e. The molecule has 0 bridgehead atoms. The summed E-state index contributed by atoms with van der Waals surface area (Å²) in [7, 11) is 1.50. The smallest absolute Gasteiger partial charge is 0.137 e. The summed E-state index contributed by atoms with van der Waals surface area (Å²) in [5.41, 5.74) is 7.71. The Kier molecular flexibility index (Phi) is 20.4. The van der Waals surface area contributed by atoms with Gasteiger partial charge in [-0.2, -0.15) is 0 Å². The molecule has 0 amide bonds. The molecular formula is C17H33N3. The van der Waals surface area contributed by atoms with Crippen molar-refractivity contribution in [2.45, 2.75) is 48.5 Å². The third-order valence-electron chi connectivity index (χ3n) is 2.05. The molecule has 116 valence electrons. The van der Waals surface area contributed by atoms with Gasteiger partial charge in [-0.3, -0.25) is 0 Å². The van der Waals surface area contributed by atoms with Crippen LogP contribution in [0.3, 0.4) is 0 Å². The molecule has 20 heavy (non-hydrogen) atoms. The maximum atomic E-state index is 4.50. The van der Waals surface area contributed by atoms with Crippen LogP contribution in [0, 0.1) is 13.8 Å². The first-order valence-electron chi connectivity index (χ1n) is 7.25. The summed E-state index contributed by atoms with van der Waals surface area (Å²) in [6.45, 7) is 17.7. The zero-order valence-electron chi connectivity index (χ0n) is 14.5. The standard InChI is InChI=1S/C12H16N2.2C2H6.CH5N/c1-5-7-11(8-6-2)12-13-9(3)10(4)14-12;3*1-2/h5-8H,1H2,2-4H3,(H,13,14);2*1-2H3;2H2,1H3/b8-6-,11-7+;;;. The number of nitrogens with one attached hydrogen (secondary N) is 1. The molecule has 1 rings (SSSR count). The number of aryl methyl sites for hydroxylation is 2. The van der Waals surface area contributed by atoms with Gasteiger partial charge in [-0.25, -0.2) is 4.98 Å². The summed E-state index contributed by atoms with van der Waals surface area (Å²) in [6.07, 6.45) is 7.71. The summed E-state index contributed by atoms with van der Waals surface area (Å²) in [4.78, 5) is 7.66. The Hall–Kier alpha value is -1.61. The van der Waals surface area contributed by atoms with Crippen molar-refractivity contribution in [3.63, 3.8) is 0 Å². The minimum atomic E-state index is 0.901. The van der Waals surface area contributed by atoms with E-state index >= 15 is 0 Å². The first-order valence-corrected chi connectivity index (χ1v) is 7.25. The van der Waals surface area contributed by atoms with Gasteiger partial charge in [0.1, 0.15) is 5.82 Å². The Bertz CT molecular complexity index is 365. The Balaban J connectivity index is -0.000000425. The molecule has 1 heterocycles. The zero-order valence-corrected chi connectivity index (χ0v) is 14.5. The molecule has 1 aromatic heterocycles. The molecule has 0 saturated carbocycles. The first kappa shape index (κ1) is 23.5. The van der Waals surface area contributed by atoms with E-state index in [1.807, 2.05) is 66.7 Å². The van der Waals surface area contributed by atoms with Crippen molar-refractivity contribution in [3.05, 3.63) is 48.1 Å². The number of rotatable bonds is 3. The van der Waals surface area contributed by atoms with Gasteiger partial charge in [0, 0.05) is 11.3 Å². The monoisotopic (exact) mass is 279 g/mol. The van der Waals surface area contributed by atoms with E-state index in [1.54, 1.807) is 6.08 Å². The van der Waals surface area contributed by atoms with E-state index in [2.05, 4.69) is 22.3 Å². The topological polar surface area (TPSA) is 54.7 Å². The summed E-state index contributed by atoms with van der Waals surface area (Å²) in [5.74, 6) is 0.901. The number of nitrogens with two attached hydrogens (primary N) is 1. The van der Waals surface area contributed by atoms with Crippen molar-refractivity contribution in [2.75, 3.05) is 7.05 Å². The van der Waals surface area contributed by atoms with Gasteiger partial charge in [0.25, 0.3) is 0 Å². The number of aromatic amines is 1. The highest BCUT2D eigenvalue weighted by Gasteiger charge is 2.04. The second kappa shape index (κ2) is 17.4. The molecule has 3 nitrogen and oxygen atoms in total. The lowest BCUT2D eigenvalue weighted by Crippen LogP contribution is -1.83. The van der Waals surface area contributed by atoms with E-state index in [0.717, 1.165) is 22.8 Å². The number of aromatic nitrogens is 2. The lowest BCUT2D eigenvalue weighted by Gasteiger charge is -1.94. The molecule has 0 radical (unpaired) electrons. The van der Waals surface area contributed by atoms with Crippen LogP contribution in [0.2, 0.25) is 0 Å². The van der Waals surface area contributed by atoms with Crippen molar-refractivity contribution >= 4 is 5.57 Å².